The summed E-state index contributed by atoms with van der Waals surface area (Å²) >= 11 is 3.44. The molecule has 6 nitrogen and oxygen atoms in total. The summed E-state index contributed by atoms with van der Waals surface area (Å²) in [7, 11) is 1.50. The van der Waals surface area contributed by atoms with Crippen LogP contribution in [0.25, 0.3) is 6.08 Å². The molecule has 0 saturated heterocycles. The van der Waals surface area contributed by atoms with Gasteiger partial charge in [-0.1, -0.05) is 12.1 Å². The predicted octanol–water partition coefficient (Wildman–Crippen LogP) is 4.38. The lowest BCUT2D eigenvalue weighted by Crippen LogP contribution is -2.06. The van der Waals surface area contributed by atoms with Gasteiger partial charge in [-0.3, -0.25) is 0 Å². The summed E-state index contributed by atoms with van der Waals surface area (Å²) in [6.07, 6.45) is 1.43. The van der Waals surface area contributed by atoms with Crippen LogP contribution in [0.2, 0.25) is 0 Å². The molecule has 2 aromatic rings. The maximum absolute atomic E-state index is 11.8. The minimum Gasteiger partial charge on any atom is -0.493 e. The number of carbonyl (C=O) groups is 1. The van der Waals surface area contributed by atoms with Crippen LogP contribution < -0.4 is 9.47 Å². The highest BCUT2D eigenvalue weighted by Gasteiger charge is 2.14. The molecule has 0 aliphatic heterocycles. The molecule has 0 fully saturated rings. The van der Waals surface area contributed by atoms with Crippen LogP contribution in [0.5, 0.6) is 11.5 Å². The molecule has 0 bridgehead atoms. The second-order valence-corrected chi connectivity index (χ2v) is 6.38. The van der Waals surface area contributed by atoms with E-state index in [4.69, 9.17) is 19.5 Å². The predicted molar refractivity (Wildman–Crippen MR) is 106 cm³/mol. The lowest BCUT2D eigenvalue weighted by molar-refractivity contribution is -0.137. The minimum absolute atomic E-state index is 0.109. The van der Waals surface area contributed by atoms with Crippen LogP contribution >= 0.6 is 15.9 Å². The third-order valence-electron chi connectivity index (χ3n) is 3.64. The first-order chi connectivity index (χ1) is 13.5. The highest BCUT2D eigenvalue weighted by atomic mass is 79.9. The number of nitriles is 2. The zero-order valence-electron chi connectivity index (χ0n) is 15.4. The first kappa shape index (κ1) is 21.0. The molecule has 0 saturated carbocycles. The van der Waals surface area contributed by atoms with Gasteiger partial charge in [0.15, 0.2) is 11.5 Å². The Morgan fingerprint density at radius 1 is 1.21 bits per heavy atom. The standard InChI is InChI=1S/C21H17BrN2O4/c1-3-27-21(25)17(12-24)8-16-9-18(22)20(19(10-16)26-2)28-13-15-6-4-14(11-23)5-7-15/h4-10H,3,13H2,1-2H3/b17-8-. The molecule has 2 aromatic carbocycles. The Hall–Kier alpha value is -3.29. The molecule has 2 rings (SSSR count). The quantitative estimate of drug-likeness (QED) is 0.360. The number of carbonyl (C=O) groups excluding carboxylic acids is 1. The van der Waals surface area contributed by atoms with Crippen LogP contribution in [0.3, 0.4) is 0 Å². The number of ether oxygens (including phenoxy) is 3. The number of rotatable bonds is 7. The van der Waals surface area contributed by atoms with Crippen molar-refractivity contribution in [3.63, 3.8) is 0 Å². The van der Waals surface area contributed by atoms with Crippen molar-refractivity contribution in [1.82, 2.24) is 0 Å². The van der Waals surface area contributed by atoms with Gasteiger partial charge in [0.1, 0.15) is 18.2 Å². The maximum atomic E-state index is 11.8. The van der Waals surface area contributed by atoms with Crippen LogP contribution in [0.1, 0.15) is 23.6 Å². The van der Waals surface area contributed by atoms with Crippen molar-refractivity contribution in [3.05, 3.63) is 63.1 Å². The van der Waals surface area contributed by atoms with E-state index >= 15 is 0 Å². The van der Waals surface area contributed by atoms with E-state index in [0.717, 1.165) is 5.56 Å². The van der Waals surface area contributed by atoms with Gasteiger partial charge in [-0.25, -0.2) is 4.79 Å². The molecule has 0 radical (unpaired) electrons. The van der Waals surface area contributed by atoms with E-state index in [1.54, 1.807) is 31.2 Å². The van der Waals surface area contributed by atoms with Crippen LogP contribution in [0, 0.1) is 22.7 Å². The molecule has 0 unspecified atom stereocenters. The van der Waals surface area contributed by atoms with Gasteiger partial charge in [-0.2, -0.15) is 10.5 Å². The Bertz CT molecular complexity index is 970. The summed E-state index contributed by atoms with van der Waals surface area (Å²) in [5.41, 5.74) is 1.95. The average Bonchev–Trinajstić information content (AvgIpc) is 2.71. The van der Waals surface area contributed by atoms with E-state index in [1.807, 2.05) is 18.2 Å². The second kappa shape index (κ2) is 10.1. The molecule has 0 atom stereocenters. The molecular formula is C21H17BrN2O4. The maximum Gasteiger partial charge on any atom is 0.348 e. The Balaban J connectivity index is 2.26. The molecule has 0 N–H and O–H groups in total. The molecule has 0 spiro atoms. The van der Waals surface area contributed by atoms with Gasteiger partial charge in [0.05, 0.1) is 29.8 Å². The Morgan fingerprint density at radius 2 is 1.93 bits per heavy atom. The molecule has 0 aliphatic carbocycles. The molecule has 142 valence electrons. The van der Waals surface area contributed by atoms with Crippen molar-refractivity contribution < 1.29 is 19.0 Å². The van der Waals surface area contributed by atoms with Crippen LogP contribution in [-0.2, 0) is 16.1 Å². The number of benzene rings is 2. The number of esters is 1. The van der Waals surface area contributed by atoms with Gasteiger partial charge in [0.25, 0.3) is 0 Å². The van der Waals surface area contributed by atoms with E-state index in [0.29, 0.717) is 27.1 Å². The summed E-state index contributed by atoms with van der Waals surface area (Å²) in [5, 5.41) is 18.0. The largest absolute Gasteiger partial charge is 0.493 e. The molecular weight excluding hydrogens is 424 g/mol. The lowest BCUT2D eigenvalue weighted by Gasteiger charge is -2.14. The van der Waals surface area contributed by atoms with Gasteiger partial charge >= 0.3 is 5.97 Å². The fraction of sp³-hybridized carbons (Fsp3) is 0.190. The van der Waals surface area contributed by atoms with E-state index < -0.39 is 5.97 Å². The first-order valence-electron chi connectivity index (χ1n) is 8.30. The molecule has 28 heavy (non-hydrogen) atoms. The zero-order chi connectivity index (χ0) is 20.5. The first-order valence-corrected chi connectivity index (χ1v) is 9.10. The Kier molecular flexibility index (Phi) is 7.62. The van der Waals surface area contributed by atoms with Crippen molar-refractivity contribution in [2.24, 2.45) is 0 Å². The van der Waals surface area contributed by atoms with Gasteiger partial charge in [0, 0.05) is 0 Å². The topological polar surface area (TPSA) is 92.3 Å². The van der Waals surface area contributed by atoms with Crippen molar-refractivity contribution in [2.75, 3.05) is 13.7 Å². The van der Waals surface area contributed by atoms with Crippen molar-refractivity contribution in [2.45, 2.75) is 13.5 Å². The number of hydrogen-bond acceptors (Lipinski definition) is 6. The average molecular weight is 441 g/mol. The summed E-state index contributed by atoms with van der Waals surface area (Å²) in [4.78, 5) is 11.8. The van der Waals surface area contributed by atoms with Gasteiger partial charge < -0.3 is 14.2 Å². The summed E-state index contributed by atoms with van der Waals surface area (Å²) < 4.78 is 16.7. The highest BCUT2D eigenvalue weighted by Crippen LogP contribution is 2.37. The summed E-state index contributed by atoms with van der Waals surface area (Å²) in [6, 6.07) is 14.4. The number of methoxy groups -OCH3 is 1. The van der Waals surface area contributed by atoms with Crippen LogP contribution in [-0.4, -0.2) is 19.7 Å². The monoisotopic (exact) mass is 440 g/mol. The van der Waals surface area contributed by atoms with E-state index in [9.17, 15) is 10.1 Å². The van der Waals surface area contributed by atoms with Gasteiger partial charge in [0.2, 0.25) is 0 Å². The number of nitrogens with zero attached hydrogens (tertiary/aromatic N) is 2. The van der Waals surface area contributed by atoms with E-state index in [1.165, 1.54) is 13.2 Å². The van der Waals surface area contributed by atoms with E-state index in [2.05, 4.69) is 22.0 Å². The molecule has 0 heterocycles. The normalized spacial score (nSPS) is 10.5. The fourth-order valence-electron chi connectivity index (χ4n) is 2.31. The third-order valence-corrected chi connectivity index (χ3v) is 4.23. The van der Waals surface area contributed by atoms with Gasteiger partial charge in [-0.05, 0) is 64.3 Å². The molecule has 0 amide bonds. The molecule has 7 heteroatoms. The highest BCUT2D eigenvalue weighted by molar-refractivity contribution is 9.10. The smallest absolute Gasteiger partial charge is 0.348 e. The second-order valence-electron chi connectivity index (χ2n) is 5.52. The Morgan fingerprint density at radius 3 is 2.50 bits per heavy atom. The van der Waals surface area contributed by atoms with E-state index in [-0.39, 0.29) is 18.8 Å². The zero-order valence-corrected chi connectivity index (χ0v) is 16.9. The molecule has 0 aliphatic rings. The van der Waals surface area contributed by atoms with Crippen LogP contribution in [0.4, 0.5) is 0 Å². The third kappa shape index (κ3) is 5.35. The number of halogens is 1. The van der Waals surface area contributed by atoms with Crippen molar-refractivity contribution in [1.29, 1.82) is 10.5 Å². The lowest BCUT2D eigenvalue weighted by atomic mass is 10.1. The number of hydrogen-bond donors (Lipinski definition) is 0. The summed E-state index contributed by atoms with van der Waals surface area (Å²) in [6.45, 7) is 2.14. The fourth-order valence-corrected chi connectivity index (χ4v) is 2.88. The van der Waals surface area contributed by atoms with Crippen LogP contribution in [0.15, 0.2) is 46.4 Å². The van der Waals surface area contributed by atoms with Crippen molar-refractivity contribution >= 4 is 28.0 Å². The summed E-state index contributed by atoms with van der Waals surface area (Å²) in [5.74, 6) is 0.246. The SMILES string of the molecule is CCOC(=O)/C(C#N)=C\c1cc(Br)c(OCc2ccc(C#N)cc2)c(OC)c1. The van der Waals surface area contributed by atoms with Crippen molar-refractivity contribution in [3.8, 4) is 23.6 Å². The molecule has 0 aromatic heterocycles. The van der Waals surface area contributed by atoms with Gasteiger partial charge in [-0.15, -0.1) is 0 Å². The Labute approximate surface area is 171 Å². The minimum atomic E-state index is -0.679.